The minimum Gasteiger partial charge on any atom is -0.504 e. The molecular weight excluding hydrogens is 793 g/mol. The van der Waals surface area contributed by atoms with Gasteiger partial charge in [-0.3, -0.25) is 19.1 Å². The number of anilines is 2. The first-order chi connectivity index (χ1) is 23.1. The molecule has 258 valence electrons. The number of alkyl halides is 4. The fourth-order valence-corrected chi connectivity index (χ4v) is 6.76. The largest absolute Gasteiger partial charge is 0.504 e. The molecule has 2 fully saturated rings. The number of hydrogen-bond donors (Lipinski definition) is 1. The molecule has 1 amide bonds. The lowest BCUT2D eigenvalue weighted by Gasteiger charge is -2.37. The van der Waals surface area contributed by atoms with Gasteiger partial charge in [0, 0.05) is 50.9 Å². The molecule has 1 aromatic carbocycles. The summed E-state index contributed by atoms with van der Waals surface area (Å²) < 4.78 is 87.1. The van der Waals surface area contributed by atoms with Gasteiger partial charge in [-0.2, -0.15) is 17.6 Å². The molecule has 2 aliphatic heterocycles. The summed E-state index contributed by atoms with van der Waals surface area (Å²) in [6.45, 7) is 9.16. The zero-order valence-electron chi connectivity index (χ0n) is 25.8. The topological polar surface area (TPSA) is 94.6 Å². The lowest BCUT2D eigenvalue weighted by Crippen LogP contribution is -2.49. The maximum Gasteiger partial charge on any atom is 0.422 e. The van der Waals surface area contributed by atoms with E-state index in [1.807, 2.05) is 16.7 Å². The van der Waals surface area contributed by atoms with Crippen molar-refractivity contribution in [3.63, 3.8) is 0 Å². The van der Waals surface area contributed by atoms with E-state index in [0.29, 0.717) is 35.7 Å². The van der Waals surface area contributed by atoms with Crippen molar-refractivity contribution in [1.82, 2.24) is 19.4 Å². The van der Waals surface area contributed by atoms with Crippen LogP contribution in [-0.2, 0) is 11.0 Å². The average Bonchev–Trinajstić information content (AvgIpc) is 3.88. The number of aryl methyl sites for hydroxylation is 1. The summed E-state index contributed by atoms with van der Waals surface area (Å²) in [7, 11) is 0. The number of benzene rings is 1. The number of nitrogens with zero attached hydrogens (tertiary/aromatic N) is 6. The Morgan fingerprint density at radius 1 is 1.04 bits per heavy atom. The molecule has 6 rings (SSSR count). The third-order valence-electron chi connectivity index (χ3n) is 8.47. The zero-order chi connectivity index (χ0) is 35.7. The van der Waals surface area contributed by atoms with Gasteiger partial charge in [-0.1, -0.05) is 40.8 Å². The number of amides is 1. The highest BCUT2D eigenvalue weighted by Crippen LogP contribution is 2.47. The molecule has 1 unspecified atom stereocenters. The van der Waals surface area contributed by atoms with E-state index in [1.54, 1.807) is 24.1 Å². The van der Waals surface area contributed by atoms with Gasteiger partial charge in [0.05, 0.1) is 37.3 Å². The molecule has 1 atom stereocenters. The van der Waals surface area contributed by atoms with Gasteiger partial charge in [0.25, 0.3) is 5.56 Å². The van der Waals surface area contributed by atoms with Crippen molar-refractivity contribution in [2.75, 3.05) is 49.1 Å². The minimum atomic E-state index is -5.70. The molecule has 17 heteroatoms. The summed E-state index contributed by atoms with van der Waals surface area (Å²) in [5.74, 6) is -9.39. The Balaban J connectivity index is 1.74. The third-order valence-corrected chi connectivity index (χ3v) is 9.35. The second kappa shape index (κ2) is 12.7. The lowest BCUT2D eigenvalue weighted by atomic mass is 10.0. The predicted molar refractivity (Wildman–Crippen MR) is 180 cm³/mol. The van der Waals surface area contributed by atoms with Crippen molar-refractivity contribution in [2.24, 2.45) is 0 Å². The Labute approximate surface area is 293 Å². The van der Waals surface area contributed by atoms with E-state index in [0.717, 1.165) is 0 Å². The number of phenolic OH excluding ortho intramolecular Hbond substituents is 1. The summed E-state index contributed by atoms with van der Waals surface area (Å²) in [4.78, 5) is 41.2. The van der Waals surface area contributed by atoms with Gasteiger partial charge in [-0.05, 0) is 37.6 Å². The number of pyridine rings is 3. The number of halogens is 8. The molecule has 0 aliphatic carbocycles. The monoisotopic (exact) mass is 818 g/mol. The van der Waals surface area contributed by atoms with Crippen molar-refractivity contribution in [3.8, 4) is 22.7 Å². The molecule has 5 heterocycles. The first-order valence-electron chi connectivity index (χ1n) is 14.9. The Hall–Kier alpha value is -4.06. The van der Waals surface area contributed by atoms with Crippen LogP contribution in [0.3, 0.4) is 0 Å². The van der Waals surface area contributed by atoms with Crippen molar-refractivity contribution >= 4 is 62.5 Å². The van der Waals surface area contributed by atoms with E-state index < -0.39 is 56.8 Å². The molecule has 2 saturated heterocycles. The number of carbonyl (C=O) groups excluding carboxylic acids is 1. The highest BCUT2D eigenvalue weighted by Gasteiger charge is 2.43. The number of rotatable bonds is 6. The van der Waals surface area contributed by atoms with Crippen LogP contribution >= 0.6 is 34.2 Å². The van der Waals surface area contributed by atoms with Crippen molar-refractivity contribution in [1.29, 1.82) is 0 Å². The van der Waals surface area contributed by atoms with Crippen LogP contribution in [0.2, 0.25) is 5.02 Å². The Morgan fingerprint density at radius 2 is 1.65 bits per heavy atom. The molecule has 3 aromatic heterocycles. The van der Waals surface area contributed by atoms with Gasteiger partial charge < -0.3 is 19.8 Å². The fraction of sp³-hybridized carbons (Fsp3) is 0.312. The molecule has 0 radical (unpaired) electrons. The Kier molecular flexibility index (Phi) is 9.00. The van der Waals surface area contributed by atoms with Crippen LogP contribution in [0.1, 0.15) is 27.7 Å². The Bertz CT molecular complexity index is 2110. The number of hydrogen-bond acceptors (Lipinski definition) is 7. The zero-order valence-corrected chi connectivity index (χ0v) is 28.7. The lowest BCUT2D eigenvalue weighted by molar-refractivity contribution is -0.142. The van der Waals surface area contributed by atoms with E-state index in [4.69, 9.17) is 11.6 Å². The SMILES string of the molecule is C=CC(=O)N1CCN(c2c(N3CC3)c(=O)n(-c3c(C)ccnc3C(C)I)c3nc(-c4c(O)c(F)c(F)c(C(F)(F)F)c4F)c(Cl)cc23)CC1. The van der Waals surface area contributed by atoms with E-state index in [2.05, 4.69) is 39.1 Å². The van der Waals surface area contributed by atoms with Crippen LogP contribution in [-0.4, -0.2) is 69.7 Å². The van der Waals surface area contributed by atoms with Gasteiger partial charge in [0.2, 0.25) is 11.7 Å². The number of aromatic nitrogens is 3. The molecule has 2 aliphatic rings. The van der Waals surface area contributed by atoms with Gasteiger partial charge >= 0.3 is 6.18 Å². The van der Waals surface area contributed by atoms with Crippen LogP contribution in [0.4, 0.5) is 37.7 Å². The average molecular weight is 819 g/mol. The fourth-order valence-electron chi connectivity index (χ4n) is 6.06. The number of phenols is 1. The molecule has 1 N–H and O–H groups in total. The van der Waals surface area contributed by atoms with Gasteiger partial charge in [0.15, 0.2) is 23.0 Å². The van der Waals surface area contributed by atoms with Crippen molar-refractivity contribution < 1.29 is 36.2 Å². The second-order valence-corrected chi connectivity index (χ2v) is 13.8. The summed E-state index contributed by atoms with van der Waals surface area (Å²) in [5, 5.41) is 10.2. The normalized spacial score (nSPS) is 15.6. The standard InChI is InChI=1S/C32H26ClF6IN6O3/c1-4-18(47)43-7-9-44(10-8-43)27-16-13-17(33)25(19-21(34)20(32(37,38)39)22(35)23(36)29(19)48)42-30(16)46(31(49)28(27)45-11-12-45)26-14(2)5-6-41-24(26)15(3)40/h4-6,13,15,48H,1,7-12H2,2-3H3. The molecule has 49 heavy (non-hydrogen) atoms. The summed E-state index contributed by atoms with van der Waals surface area (Å²) >= 11 is 8.70. The minimum absolute atomic E-state index is 0.215. The molecule has 0 spiro atoms. The molecule has 9 nitrogen and oxygen atoms in total. The predicted octanol–water partition coefficient (Wildman–Crippen LogP) is 6.70. The summed E-state index contributed by atoms with van der Waals surface area (Å²) in [6.07, 6.45) is -2.96. The Morgan fingerprint density at radius 3 is 2.22 bits per heavy atom. The van der Waals surface area contributed by atoms with E-state index >= 15 is 4.39 Å². The molecular formula is C32H26ClF6IN6O3. The van der Waals surface area contributed by atoms with E-state index in [9.17, 15) is 36.6 Å². The smallest absolute Gasteiger partial charge is 0.422 e. The number of piperazine rings is 1. The van der Waals surface area contributed by atoms with Crippen molar-refractivity contribution in [3.05, 3.63) is 80.6 Å². The van der Waals surface area contributed by atoms with Crippen LogP contribution in [0, 0.1) is 24.4 Å². The number of carbonyl (C=O) groups is 1. The van der Waals surface area contributed by atoms with E-state index in [-0.39, 0.29) is 52.7 Å². The van der Waals surface area contributed by atoms with Crippen LogP contribution in [0.25, 0.3) is 28.0 Å². The molecule has 0 saturated carbocycles. The van der Waals surface area contributed by atoms with E-state index in [1.165, 1.54) is 16.7 Å². The highest BCUT2D eigenvalue weighted by atomic mass is 127. The van der Waals surface area contributed by atoms with Crippen molar-refractivity contribution in [2.45, 2.75) is 23.9 Å². The summed E-state index contributed by atoms with van der Waals surface area (Å²) in [6, 6.07) is 2.88. The van der Waals surface area contributed by atoms with Crippen LogP contribution in [0.15, 0.2) is 35.8 Å². The van der Waals surface area contributed by atoms with Gasteiger partial charge in [0.1, 0.15) is 11.3 Å². The quantitative estimate of drug-likeness (QED) is 0.0579. The van der Waals surface area contributed by atoms with Gasteiger partial charge in [-0.15, -0.1) is 0 Å². The van der Waals surface area contributed by atoms with Crippen LogP contribution in [0.5, 0.6) is 5.75 Å². The molecule has 4 aromatic rings. The second-order valence-electron chi connectivity index (χ2n) is 11.5. The van der Waals surface area contributed by atoms with Gasteiger partial charge in [-0.25, -0.2) is 13.8 Å². The first-order valence-corrected chi connectivity index (χ1v) is 16.5. The van der Waals surface area contributed by atoms with Crippen LogP contribution < -0.4 is 15.4 Å². The summed E-state index contributed by atoms with van der Waals surface area (Å²) in [5.41, 5.74) is -3.76. The molecule has 0 bridgehead atoms. The maximum atomic E-state index is 15.6. The number of fused-ring (bicyclic) bond motifs is 1. The maximum absolute atomic E-state index is 15.6. The highest BCUT2D eigenvalue weighted by molar-refractivity contribution is 14.1. The third kappa shape index (κ3) is 5.85. The first kappa shape index (κ1) is 34.8. The number of aromatic hydroxyl groups is 1.